The van der Waals surface area contributed by atoms with Crippen LogP contribution in [-0.2, 0) is 4.74 Å². The molecule has 4 aromatic rings. The molecule has 2 heterocycles. The number of carbonyl (C=O) groups excluding carboxylic acids is 1. The first-order chi connectivity index (χ1) is 12.8. The van der Waals surface area contributed by atoms with Crippen molar-refractivity contribution in [2.75, 3.05) is 17.7 Å². The van der Waals surface area contributed by atoms with Gasteiger partial charge in [0.1, 0.15) is 12.3 Å². The van der Waals surface area contributed by atoms with Gasteiger partial charge < -0.3 is 4.74 Å². The predicted octanol–water partition coefficient (Wildman–Crippen LogP) is 4.83. The Balaban J connectivity index is 1.32. The summed E-state index contributed by atoms with van der Waals surface area (Å²) in [5, 5.41) is 5.96. The van der Waals surface area contributed by atoms with E-state index in [2.05, 4.69) is 10.3 Å². The molecule has 1 amide bonds. The van der Waals surface area contributed by atoms with Crippen LogP contribution >= 0.6 is 11.8 Å². The Kier molecular flexibility index (Phi) is 4.75. The zero-order valence-corrected chi connectivity index (χ0v) is 14.8. The minimum Gasteiger partial charge on any atom is -0.448 e. The van der Waals surface area contributed by atoms with Gasteiger partial charge in [-0.1, -0.05) is 42.5 Å². The molecule has 5 nitrogen and oxygen atoms in total. The highest BCUT2D eigenvalue weighted by Gasteiger charge is 2.07. The van der Waals surface area contributed by atoms with E-state index in [9.17, 15) is 4.79 Å². The molecule has 2 aromatic carbocycles. The minimum atomic E-state index is -0.442. The SMILES string of the molecule is O=C(Nc1cccc2ccccc12)OCCSc1cccc2nccn12. The number of carbonyl (C=O) groups is 1. The van der Waals surface area contributed by atoms with Crippen molar-refractivity contribution in [3.63, 3.8) is 0 Å². The number of hydrogen-bond acceptors (Lipinski definition) is 4. The molecule has 0 fully saturated rings. The number of thioether (sulfide) groups is 1. The van der Waals surface area contributed by atoms with Crippen molar-refractivity contribution in [3.05, 3.63) is 73.1 Å². The zero-order valence-electron chi connectivity index (χ0n) is 14.0. The predicted molar refractivity (Wildman–Crippen MR) is 105 cm³/mol. The summed E-state index contributed by atoms with van der Waals surface area (Å²) in [6.07, 6.45) is 3.25. The van der Waals surface area contributed by atoms with Crippen LogP contribution in [0, 0.1) is 0 Å². The lowest BCUT2D eigenvalue weighted by molar-refractivity contribution is 0.169. The third kappa shape index (κ3) is 3.50. The lowest BCUT2D eigenvalue weighted by atomic mass is 10.1. The van der Waals surface area contributed by atoms with E-state index in [4.69, 9.17) is 4.74 Å². The Morgan fingerprint density at radius 3 is 2.88 bits per heavy atom. The average Bonchev–Trinajstić information content (AvgIpc) is 3.15. The molecular formula is C20H17N3O2S. The number of hydrogen-bond donors (Lipinski definition) is 1. The Bertz CT molecular complexity index is 1060. The van der Waals surface area contributed by atoms with Gasteiger partial charge in [0.15, 0.2) is 0 Å². The monoisotopic (exact) mass is 363 g/mol. The number of pyridine rings is 1. The van der Waals surface area contributed by atoms with E-state index in [1.165, 1.54) is 0 Å². The second-order valence-electron chi connectivity index (χ2n) is 5.66. The number of nitrogens with one attached hydrogen (secondary N) is 1. The lowest BCUT2D eigenvalue weighted by Crippen LogP contribution is -2.15. The number of ether oxygens (including phenoxy) is 1. The quantitative estimate of drug-likeness (QED) is 0.408. The van der Waals surface area contributed by atoms with E-state index in [-0.39, 0.29) is 0 Å². The summed E-state index contributed by atoms with van der Waals surface area (Å²) in [5.41, 5.74) is 1.66. The molecule has 6 heteroatoms. The molecule has 0 radical (unpaired) electrons. The first kappa shape index (κ1) is 16.5. The van der Waals surface area contributed by atoms with Crippen LogP contribution in [0.5, 0.6) is 0 Å². The molecule has 0 spiro atoms. The summed E-state index contributed by atoms with van der Waals surface area (Å²) in [5.74, 6) is 0.667. The van der Waals surface area contributed by atoms with Crippen LogP contribution in [0.1, 0.15) is 0 Å². The maximum absolute atomic E-state index is 12.1. The number of imidazole rings is 1. The highest BCUT2D eigenvalue weighted by Crippen LogP contribution is 2.23. The molecule has 0 saturated carbocycles. The first-order valence-electron chi connectivity index (χ1n) is 8.28. The molecule has 0 atom stereocenters. The average molecular weight is 363 g/mol. The van der Waals surface area contributed by atoms with Crippen molar-refractivity contribution in [1.29, 1.82) is 0 Å². The van der Waals surface area contributed by atoms with Crippen LogP contribution in [0.25, 0.3) is 16.4 Å². The molecule has 0 aliphatic carbocycles. The molecule has 0 aliphatic heterocycles. The number of amides is 1. The van der Waals surface area contributed by atoms with E-state index in [0.29, 0.717) is 12.4 Å². The zero-order chi connectivity index (χ0) is 17.8. The van der Waals surface area contributed by atoms with Crippen molar-refractivity contribution in [2.45, 2.75) is 5.03 Å². The number of aromatic nitrogens is 2. The number of fused-ring (bicyclic) bond motifs is 2. The minimum absolute atomic E-state index is 0.326. The van der Waals surface area contributed by atoms with Gasteiger partial charge in [0.2, 0.25) is 0 Å². The maximum Gasteiger partial charge on any atom is 0.411 e. The molecular weight excluding hydrogens is 346 g/mol. The van der Waals surface area contributed by atoms with Crippen LogP contribution in [0.3, 0.4) is 0 Å². The third-order valence-electron chi connectivity index (χ3n) is 3.98. The van der Waals surface area contributed by atoms with Crippen LogP contribution in [-0.4, -0.2) is 27.8 Å². The van der Waals surface area contributed by atoms with Crippen molar-refractivity contribution in [2.24, 2.45) is 0 Å². The highest BCUT2D eigenvalue weighted by molar-refractivity contribution is 7.99. The van der Waals surface area contributed by atoms with Crippen molar-refractivity contribution >= 4 is 40.0 Å². The standard InChI is InChI=1S/C20H17N3O2S/c24-20(22-17-8-3-6-15-5-1-2-7-16(15)17)25-13-14-26-19-10-4-9-18-21-11-12-23(18)19/h1-12H,13-14H2,(H,22,24). The molecule has 130 valence electrons. The van der Waals surface area contributed by atoms with Crippen LogP contribution in [0.4, 0.5) is 10.5 Å². The van der Waals surface area contributed by atoms with E-state index in [1.54, 1.807) is 18.0 Å². The van der Waals surface area contributed by atoms with Gasteiger partial charge in [0.25, 0.3) is 0 Å². The number of anilines is 1. The Hall–Kier alpha value is -2.99. The Morgan fingerprint density at radius 1 is 1.08 bits per heavy atom. The topological polar surface area (TPSA) is 55.6 Å². The van der Waals surface area contributed by atoms with E-state index >= 15 is 0 Å². The van der Waals surface area contributed by atoms with Crippen molar-refractivity contribution < 1.29 is 9.53 Å². The lowest BCUT2D eigenvalue weighted by Gasteiger charge is -2.10. The molecule has 0 unspecified atom stereocenters. The summed E-state index contributed by atoms with van der Waals surface area (Å²) in [7, 11) is 0. The largest absolute Gasteiger partial charge is 0.448 e. The number of rotatable bonds is 5. The van der Waals surface area contributed by atoms with Gasteiger partial charge in [-0.05, 0) is 23.6 Å². The van der Waals surface area contributed by atoms with Crippen molar-refractivity contribution in [3.8, 4) is 0 Å². The van der Waals surface area contributed by atoms with Gasteiger partial charge in [0.05, 0.1) is 10.7 Å². The molecule has 4 rings (SSSR count). The fourth-order valence-corrected chi connectivity index (χ4v) is 3.64. The normalized spacial score (nSPS) is 10.9. The summed E-state index contributed by atoms with van der Waals surface area (Å²) >= 11 is 1.62. The second-order valence-corrected chi connectivity index (χ2v) is 6.77. The highest BCUT2D eigenvalue weighted by atomic mass is 32.2. The van der Waals surface area contributed by atoms with Crippen LogP contribution < -0.4 is 5.32 Å². The van der Waals surface area contributed by atoms with Crippen LogP contribution in [0.2, 0.25) is 0 Å². The van der Waals surface area contributed by atoms with Crippen LogP contribution in [0.15, 0.2) is 78.1 Å². The van der Waals surface area contributed by atoms with Gasteiger partial charge in [-0.3, -0.25) is 9.72 Å². The molecule has 1 N–H and O–H groups in total. The van der Waals surface area contributed by atoms with Gasteiger partial charge in [-0.25, -0.2) is 9.78 Å². The van der Waals surface area contributed by atoms with Crippen molar-refractivity contribution in [1.82, 2.24) is 9.38 Å². The summed E-state index contributed by atoms with van der Waals surface area (Å²) in [4.78, 5) is 16.3. The van der Waals surface area contributed by atoms with E-state index in [1.807, 2.05) is 71.3 Å². The van der Waals surface area contributed by atoms with Gasteiger partial charge in [0, 0.05) is 23.5 Å². The summed E-state index contributed by atoms with van der Waals surface area (Å²) in [6.45, 7) is 0.326. The van der Waals surface area contributed by atoms with Gasteiger partial charge in [-0.15, -0.1) is 11.8 Å². The smallest absolute Gasteiger partial charge is 0.411 e. The fraction of sp³-hybridized carbons (Fsp3) is 0.100. The summed E-state index contributed by atoms with van der Waals surface area (Å²) in [6, 6.07) is 19.7. The first-order valence-corrected chi connectivity index (χ1v) is 9.26. The molecule has 26 heavy (non-hydrogen) atoms. The van der Waals surface area contributed by atoms with E-state index < -0.39 is 6.09 Å². The number of nitrogens with zero attached hydrogens (tertiary/aromatic N) is 2. The Labute approximate surface area is 155 Å². The molecule has 0 bridgehead atoms. The molecule has 2 aromatic heterocycles. The maximum atomic E-state index is 12.1. The second kappa shape index (κ2) is 7.49. The molecule has 0 saturated heterocycles. The third-order valence-corrected chi connectivity index (χ3v) is 4.98. The fourth-order valence-electron chi connectivity index (χ4n) is 2.80. The van der Waals surface area contributed by atoms with Gasteiger partial charge in [-0.2, -0.15) is 0 Å². The summed E-state index contributed by atoms with van der Waals surface area (Å²) < 4.78 is 7.33. The molecule has 0 aliphatic rings. The Morgan fingerprint density at radius 2 is 1.92 bits per heavy atom. The number of benzene rings is 2. The van der Waals surface area contributed by atoms with E-state index in [0.717, 1.165) is 27.1 Å². The van der Waals surface area contributed by atoms with Gasteiger partial charge >= 0.3 is 6.09 Å².